The Balaban J connectivity index is 2.52. The van der Waals surface area contributed by atoms with E-state index in [0.29, 0.717) is 0 Å². The highest BCUT2D eigenvalue weighted by molar-refractivity contribution is 5.64. The molecule has 0 amide bonds. The largest absolute Gasteiger partial charge is 0.298 e. The summed E-state index contributed by atoms with van der Waals surface area (Å²) in [4.78, 5) is 9.92. The molecule has 1 saturated carbocycles. The van der Waals surface area contributed by atoms with E-state index in [1.165, 1.54) is 30.9 Å². The number of carbonyl (C=O) groups excluding carboxylic acids is 1. The van der Waals surface area contributed by atoms with Crippen molar-refractivity contribution in [2.75, 3.05) is 0 Å². The summed E-state index contributed by atoms with van der Waals surface area (Å²) in [6.07, 6.45) is 8.44. The molecule has 0 N–H and O–H groups in total. The molecule has 0 aromatic rings. The summed E-state index contributed by atoms with van der Waals surface area (Å²) in [7, 11) is 0. The zero-order valence-corrected chi connectivity index (χ0v) is 6.10. The van der Waals surface area contributed by atoms with Gasteiger partial charge in [-0.2, -0.15) is 0 Å². The molecule has 54 valence electrons. The first kappa shape index (κ1) is 7.30. The van der Waals surface area contributed by atoms with Crippen LogP contribution in [0.3, 0.4) is 0 Å². The second kappa shape index (κ2) is 4.08. The summed E-state index contributed by atoms with van der Waals surface area (Å²) in [5.41, 5.74) is 4.31. The van der Waals surface area contributed by atoms with Gasteiger partial charge in [-0.3, -0.25) is 4.79 Å². The highest BCUT2D eigenvalue weighted by Crippen LogP contribution is 2.21. The Labute approximate surface area is 61.4 Å². The van der Waals surface area contributed by atoms with Gasteiger partial charge in [-0.25, -0.2) is 0 Å². The van der Waals surface area contributed by atoms with Gasteiger partial charge >= 0.3 is 0 Å². The molecule has 1 fully saturated rings. The first-order chi connectivity index (χ1) is 4.93. The van der Waals surface area contributed by atoms with Crippen LogP contribution in [0.4, 0.5) is 0 Å². The summed E-state index contributed by atoms with van der Waals surface area (Å²) in [5, 5.41) is 0. The van der Waals surface area contributed by atoms with Crippen LogP contribution in [0.5, 0.6) is 0 Å². The van der Waals surface area contributed by atoms with Gasteiger partial charge in [-0.05, 0) is 31.3 Å². The molecule has 0 spiro atoms. The van der Waals surface area contributed by atoms with Gasteiger partial charge in [-0.15, -0.1) is 5.73 Å². The molecule has 1 aliphatic rings. The van der Waals surface area contributed by atoms with Crippen molar-refractivity contribution in [2.24, 2.45) is 0 Å². The fraction of sp³-hybridized carbons (Fsp3) is 0.556. The number of carbonyl (C=O) groups is 1. The lowest BCUT2D eigenvalue weighted by Gasteiger charge is -2.09. The first-order valence-corrected chi connectivity index (χ1v) is 3.81. The molecule has 0 aliphatic heterocycles. The number of rotatable bonds is 1. The first-order valence-electron chi connectivity index (χ1n) is 3.81. The van der Waals surface area contributed by atoms with Crippen molar-refractivity contribution in [2.45, 2.75) is 32.1 Å². The maximum atomic E-state index is 9.92. The Hall–Kier alpha value is -0.810. The molecule has 1 rings (SSSR count). The summed E-state index contributed by atoms with van der Waals surface area (Å²) in [6.45, 7) is 0. The molecule has 0 unspecified atom stereocenters. The van der Waals surface area contributed by atoms with Crippen LogP contribution in [0, 0.1) is 0 Å². The minimum Gasteiger partial charge on any atom is -0.298 e. The Kier molecular flexibility index (Phi) is 2.98. The highest BCUT2D eigenvalue weighted by atomic mass is 16.1. The summed E-state index contributed by atoms with van der Waals surface area (Å²) in [5.74, 6) is 0. The van der Waals surface area contributed by atoms with Crippen LogP contribution in [0.2, 0.25) is 0 Å². The van der Waals surface area contributed by atoms with Gasteiger partial charge in [0.25, 0.3) is 0 Å². The molecule has 1 aliphatic carbocycles. The third-order valence-corrected chi connectivity index (χ3v) is 1.81. The van der Waals surface area contributed by atoms with E-state index in [1.54, 1.807) is 0 Å². The molecule has 10 heavy (non-hydrogen) atoms. The molecule has 0 radical (unpaired) electrons. The predicted molar refractivity (Wildman–Crippen MR) is 40.7 cm³/mol. The summed E-state index contributed by atoms with van der Waals surface area (Å²) >= 11 is 0. The van der Waals surface area contributed by atoms with Crippen molar-refractivity contribution in [3.8, 4) is 0 Å². The van der Waals surface area contributed by atoms with E-state index in [-0.39, 0.29) is 0 Å². The molecule has 0 bridgehead atoms. The Bertz CT molecular complexity index is 165. The van der Waals surface area contributed by atoms with E-state index < -0.39 is 0 Å². The van der Waals surface area contributed by atoms with Crippen LogP contribution >= 0.6 is 0 Å². The standard InChI is InChI=1S/C9H12O/c10-8-4-7-9-5-2-1-3-6-9/h4,8H,1-3,5-6H2. The van der Waals surface area contributed by atoms with Gasteiger partial charge in [0.15, 0.2) is 6.29 Å². The van der Waals surface area contributed by atoms with E-state index >= 15 is 0 Å². The molecule has 0 aromatic carbocycles. The van der Waals surface area contributed by atoms with Crippen molar-refractivity contribution in [1.82, 2.24) is 0 Å². The lowest BCUT2D eigenvalue weighted by molar-refractivity contribution is -0.104. The quantitative estimate of drug-likeness (QED) is 0.307. The summed E-state index contributed by atoms with van der Waals surface area (Å²) in [6, 6.07) is 0. The van der Waals surface area contributed by atoms with E-state index in [9.17, 15) is 4.79 Å². The van der Waals surface area contributed by atoms with Crippen LogP contribution in [0.25, 0.3) is 0 Å². The van der Waals surface area contributed by atoms with Crippen LogP contribution in [-0.4, -0.2) is 6.29 Å². The second-order valence-corrected chi connectivity index (χ2v) is 2.61. The average molecular weight is 136 g/mol. The monoisotopic (exact) mass is 136 g/mol. The van der Waals surface area contributed by atoms with Crippen LogP contribution in [-0.2, 0) is 4.79 Å². The van der Waals surface area contributed by atoms with E-state index in [1.807, 2.05) is 0 Å². The number of hydrogen-bond acceptors (Lipinski definition) is 1. The third kappa shape index (κ3) is 2.20. The van der Waals surface area contributed by atoms with Crippen molar-refractivity contribution in [3.63, 3.8) is 0 Å². The number of hydrogen-bond donors (Lipinski definition) is 0. The predicted octanol–water partition coefficient (Wildman–Crippen LogP) is 2.23. The lowest BCUT2D eigenvalue weighted by atomic mass is 9.96. The average Bonchev–Trinajstić information content (AvgIpc) is 2.03. The highest BCUT2D eigenvalue weighted by Gasteiger charge is 2.02. The topological polar surface area (TPSA) is 17.1 Å². The van der Waals surface area contributed by atoms with Gasteiger partial charge in [0.05, 0.1) is 0 Å². The molecular weight excluding hydrogens is 124 g/mol. The van der Waals surface area contributed by atoms with E-state index in [2.05, 4.69) is 5.73 Å². The molecule has 1 nitrogen and oxygen atoms in total. The van der Waals surface area contributed by atoms with Crippen molar-refractivity contribution < 1.29 is 4.79 Å². The third-order valence-electron chi connectivity index (χ3n) is 1.81. The SMILES string of the molecule is O=CC=C=C1CCCCC1. The molecule has 0 aromatic heterocycles. The number of aldehydes is 1. The van der Waals surface area contributed by atoms with Crippen molar-refractivity contribution in [1.29, 1.82) is 0 Å². The maximum Gasteiger partial charge on any atom is 0.150 e. The maximum absolute atomic E-state index is 9.92. The zero-order chi connectivity index (χ0) is 7.23. The molecule has 0 atom stereocenters. The number of allylic oxidation sites excluding steroid dienone is 1. The Morgan fingerprint density at radius 2 is 1.90 bits per heavy atom. The van der Waals surface area contributed by atoms with Crippen molar-refractivity contribution in [3.05, 3.63) is 17.4 Å². The molecular formula is C9H12O. The lowest BCUT2D eigenvalue weighted by Crippen LogP contribution is -1.91. The zero-order valence-electron chi connectivity index (χ0n) is 6.10. The molecule has 0 saturated heterocycles. The van der Waals surface area contributed by atoms with Gasteiger partial charge < -0.3 is 0 Å². The van der Waals surface area contributed by atoms with Gasteiger partial charge in [-0.1, -0.05) is 6.42 Å². The normalized spacial score (nSPS) is 17.8. The fourth-order valence-electron chi connectivity index (χ4n) is 1.27. The van der Waals surface area contributed by atoms with E-state index in [0.717, 1.165) is 19.1 Å². The van der Waals surface area contributed by atoms with Gasteiger partial charge in [0, 0.05) is 6.08 Å². The molecule has 1 heteroatoms. The minimum atomic E-state index is 0.793. The molecule has 0 heterocycles. The summed E-state index contributed by atoms with van der Waals surface area (Å²) < 4.78 is 0. The minimum absolute atomic E-state index is 0.793. The Morgan fingerprint density at radius 3 is 2.50 bits per heavy atom. The van der Waals surface area contributed by atoms with Gasteiger partial charge in [0.1, 0.15) is 0 Å². The van der Waals surface area contributed by atoms with Crippen LogP contribution < -0.4 is 0 Å². The van der Waals surface area contributed by atoms with Crippen molar-refractivity contribution >= 4 is 6.29 Å². The smallest absolute Gasteiger partial charge is 0.150 e. The Morgan fingerprint density at radius 1 is 1.20 bits per heavy atom. The second-order valence-electron chi connectivity index (χ2n) is 2.61. The van der Waals surface area contributed by atoms with Crippen LogP contribution in [0.15, 0.2) is 17.4 Å². The van der Waals surface area contributed by atoms with Crippen LogP contribution in [0.1, 0.15) is 32.1 Å². The fourth-order valence-corrected chi connectivity index (χ4v) is 1.27. The van der Waals surface area contributed by atoms with E-state index in [4.69, 9.17) is 0 Å². The van der Waals surface area contributed by atoms with Gasteiger partial charge in [0.2, 0.25) is 0 Å².